The highest BCUT2D eigenvalue weighted by atomic mass is 19.1. The Bertz CT molecular complexity index is 3890. The quantitative estimate of drug-likeness (QED) is 0.0959. The van der Waals surface area contributed by atoms with E-state index in [1.807, 2.05) is 71.1 Å². The molecule has 0 saturated carbocycles. The molecule has 0 N–H and O–H groups in total. The number of para-hydroxylation sites is 1. The van der Waals surface area contributed by atoms with Gasteiger partial charge in [0.05, 0.1) is 40.5 Å². The second-order valence-electron chi connectivity index (χ2n) is 15.8. The minimum absolute atomic E-state index is 0.0365. The van der Waals surface area contributed by atoms with Crippen LogP contribution in [0.3, 0.4) is 0 Å². The van der Waals surface area contributed by atoms with Crippen molar-refractivity contribution < 1.29 is 28.5 Å². The Hall–Kier alpha value is -8.30. The SMILES string of the molecule is [2H]C([2H])(c1ccc(-c2ccc(F)cc2F)nc1)C([2H])([2H])c1cc(-c2ccccc2-c2cnc3c4ccccc4n4cncc4c3c2-c2ccccc2)cc(C([2H])([2H])C([2H])([2H])c2ccc(-c3ccc(F)cc3F)nc2)c1. The molecular weight excluding hydrogens is 843 g/mol. The number of nitrogens with zero attached hydrogens (tertiary/aromatic N) is 5. The smallest absolute Gasteiger partial charge is 0.135 e. The first kappa shape index (κ1) is 33.2. The molecule has 9 heteroatoms. The lowest BCUT2D eigenvalue weighted by Crippen LogP contribution is -1.99. The standard InChI is InChI=1S/C58H39F4N5/c59-42-20-22-46(50(61)29-42)52-24-18-36(31-64-52)14-16-38-26-39(17-15-37-19-25-53(65-32-37)47-23-21-43(60)30-51(47)62)28-41(27-38)44-10-4-5-11-45(44)49-33-66-58-48-12-6-7-13-54(48)67-35-63-34-55(67)57(58)56(49)40-8-2-1-3-9-40/h1-13,18-35H,14-17H2/i14D2,15D2,16D2,17D2. The molecule has 0 unspecified atom stereocenters. The summed E-state index contributed by atoms with van der Waals surface area (Å²) in [5.41, 5.74) is 4.55. The van der Waals surface area contributed by atoms with E-state index in [1.165, 1.54) is 48.5 Å². The highest BCUT2D eigenvalue weighted by Crippen LogP contribution is 2.44. The summed E-state index contributed by atoms with van der Waals surface area (Å²) < 4.78 is 135. The van der Waals surface area contributed by atoms with Gasteiger partial charge in [0.2, 0.25) is 0 Å². The van der Waals surface area contributed by atoms with Crippen LogP contribution in [0.15, 0.2) is 189 Å². The third kappa shape index (κ3) is 8.10. The Labute approximate surface area is 395 Å². The van der Waals surface area contributed by atoms with Crippen molar-refractivity contribution in [2.45, 2.75) is 25.5 Å². The van der Waals surface area contributed by atoms with Crippen LogP contribution in [0.25, 0.3) is 83.2 Å². The zero-order valence-corrected chi connectivity index (χ0v) is 35.1. The van der Waals surface area contributed by atoms with Gasteiger partial charge < -0.3 is 0 Å². The van der Waals surface area contributed by atoms with E-state index < -0.39 is 48.8 Å². The number of aromatic nitrogens is 5. The van der Waals surface area contributed by atoms with Gasteiger partial charge in [0.1, 0.15) is 23.3 Å². The van der Waals surface area contributed by atoms with Crippen LogP contribution in [-0.4, -0.2) is 24.3 Å². The highest BCUT2D eigenvalue weighted by Gasteiger charge is 2.21. The van der Waals surface area contributed by atoms with Gasteiger partial charge in [-0.05, 0) is 112 Å². The lowest BCUT2D eigenvalue weighted by molar-refractivity contribution is 0.584. The molecule has 67 heavy (non-hydrogen) atoms. The van der Waals surface area contributed by atoms with Gasteiger partial charge in [-0.3, -0.25) is 19.4 Å². The number of halogens is 4. The van der Waals surface area contributed by atoms with E-state index in [-0.39, 0.29) is 50.3 Å². The summed E-state index contributed by atoms with van der Waals surface area (Å²) in [4.78, 5) is 18.1. The molecule has 5 nitrogen and oxygen atoms in total. The van der Waals surface area contributed by atoms with Crippen LogP contribution >= 0.6 is 0 Å². The van der Waals surface area contributed by atoms with E-state index in [1.54, 1.807) is 30.9 Å². The van der Waals surface area contributed by atoms with Crippen molar-refractivity contribution in [1.29, 1.82) is 0 Å². The van der Waals surface area contributed by atoms with E-state index in [2.05, 4.69) is 15.0 Å². The highest BCUT2D eigenvalue weighted by molar-refractivity contribution is 6.18. The van der Waals surface area contributed by atoms with E-state index in [9.17, 15) is 28.5 Å². The van der Waals surface area contributed by atoms with Crippen LogP contribution in [0.2, 0.25) is 0 Å². The molecule has 11 aromatic rings. The van der Waals surface area contributed by atoms with Crippen molar-refractivity contribution in [2.75, 3.05) is 0 Å². The molecule has 0 amide bonds. The maximum Gasteiger partial charge on any atom is 0.135 e. The minimum Gasteiger partial charge on any atom is -0.298 e. The Balaban J connectivity index is 1.11. The van der Waals surface area contributed by atoms with Gasteiger partial charge in [-0.15, -0.1) is 0 Å². The number of aryl methyl sites for hydroxylation is 4. The molecule has 0 aliphatic carbocycles. The fourth-order valence-electron chi connectivity index (χ4n) is 8.46. The van der Waals surface area contributed by atoms with Gasteiger partial charge in [0, 0.05) is 74.7 Å². The number of fused-ring (bicyclic) bond motifs is 6. The lowest BCUT2D eigenvalue weighted by atomic mass is 9.86. The molecule has 324 valence electrons. The van der Waals surface area contributed by atoms with Crippen LogP contribution in [0.4, 0.5) is 17.6 Å². The molecule has 0 bridgehead atoms. The van der Waals surface area contributed by atoms with Crippen molar-refractivity contribution in [3.05, 3.63) is 234 Å². The predicted molar refractivity (Wildman–Crippen MR) is 258 cm³/mol. The van der Waals surface area contributed by atoms with Gasteiger partial charge >= 0.3 is 0 Å². The molecule has 6 aromatic carbocycles. The number of benzene rings is 6. The molecule has 0 saturated heterocycles. The Morgan fingerprint density at radius 3 is 1.63 bits per heavy atom. The summed E-state index contributed by atoms with van der Waals surface area (Å²) in [6, 6.07) is 39.6. The minimum atomic E-state index is -3.02. The van der Waals surface area contributed by atoms with Crippen molar-refractivity contribution in [1.82, 2.24) is 24.3 Å². The van der Waals surface area contributed by atoms with Crippen molar-refractivity contribution in [3.63, 3.8) is 0 Å². The third-order valence-corrected chi connectivity index (χ3v) is 11.6. The molecule has 5 heterocycles. The monoisotopic (exact) mass is 889 g/mol. The van der Waals surface area contributed by atoms with Crippen LogP contribution in [0.5, 0.6) is 0 Å². The zero-order valence-electron chi connectivity index (χ0n) is 43.1. The van der Waals surface area contributed by atoms with E-state index in [0.29, 0.717) is 34.3 Å². The topological polar surface area (TPSA) is 56.0 Å². The molecule has 0 fully saturated rings. The molecule has 0 atom stereocenters. The number of rotatable bonds is 11. The maximum atomic E-state index is 14.8. The van der Waals surface area contributed by atoms with E-state index in [0.717, 1.165) is 63.5 Å². The fraction of sp³-hybridized carbons (Fsp3) is 0.0690. The first-order chi connectivity index (χ1) is 35.9. The van der Waals surface area contributed by atoms with Crippen LogP contribution in [0, 0.1) is 23.3 Å². The van der Waals surface area contributed by atoms with Gasteiger partial charge in [-0.25, -0.2) is 22.5 Å². The average molecular weight is 890 g/mol. The second kappa shape index (κ2) is 17.6. The molecule has 0 aliphatic heterocycles. The Morgan fingerprint density at radius 2 is 1.01 bits per heavy atom. The van der Waals surface area contributed by atoms with Crippen LogP contribution in [0.1, 0.15) is 33.2 Å². The molecule has 0 radical (unpaired) electrons. The first-order valence-corrected chi connectivity index (χ1v) is 21.2. The van der Waals surface area contributed by atoms with Crippen molar-refractivity contribution in [3.8, 4) is 55.9 Å². The van der Waals surface area contributed by atoms with E-state index >= 15 is 0 Å². The summed E-state index contributed by atoms with van der Waals surface area (Å²) in [5, 5.41) is 1.66. The first-order valence-electron chi connectivity index (χ1n) is 25.2. The Kier molecular flexibility index (Phi) is 8.72. The van der Waals surface area contributed by atoms with Crippen LogP contribution in [-0.2, 0) is 25.5 Å². The summed E-state index contributed by atoms with van der Waals surface area (Å²) in [6.07, 6.45) is -4.52. The zero-order chi connectivity index (χ0) is 52.6. The number of pyridine rings is 4. The fourth-order valence-corrected chi connectivity index (χ4v) is 8.46. The van der Waals surface area contributed by atoms with E-state index in [4.69, 9.17) is 4.98 Å². The van der Waals surface area contributed by atoms with Crippen molar-refractivity contribution >= 4 is 27.3 Å². The summed E-state index contributed by atoms with van der Waals surface area (Å²) in [5.74, 6) is -3.41. The van der Waals surface area contributed by atoms with Crippen LogP contribution < -0.4 is 0 Å². The maximum absolute atomic E-state index is 14.8. The molecule has 5 aromatic heterocycles. The second-order valence-corrected chi connectivity index (χ2v) is 15.8. The normalized spacial score (nSPS) is 14.1. The summed E-state index contributed by atoms with van der Waals surface area (Å²) in [7, 11) is 0. The number of hydrogen-bond acceptors (Lipinski definition) is 4. The molecule has 0 aliphatic rings. The van der Waals surface area contributed by atoms with Gasteiger partial charge in [-0.1, -0.05) is 103 Å². The summed E-state index contributed by atoms with van der Waals surface area (Å²) in [6.45, 7) is 0. The number of hydrogen-bond donors (Lipinski definition) is 0. The molecule has 0 spiro atoms. The molecule has 11 rings (SSSR count). The third-order valence-electron chi connectivity index (χ3n) is 11.6. The predicted octanol–water partition coefficient (Wildman–Crippen LogP) is 14.3. The van der Waals surface area contributed by atoms with Gasteiger partial charge in [0.25, 0.3) is 0 Å². The van der Waals surface area contributed by atoms with Crippen molar-refractivity contribution in [2.24, 2.45) is 0 Å². The van der Waals surface area contributed by atoms with Gasteiger partial charge in [0.15, 0.2) is 0 Å². The number of imidazole rings is 1. The molecular formula is C58H39F4N5. The summed E-state index contributed by atoms with van der Waals surface area (Å²) >= 11 is 0. The Morgan fingerprint density at radius 1 is 0.433 bits per heavy atom. The lowest BCUT2D eigenvalue weighted by Gasteiger charge is -2.19. The van der Waals surface area contributed by atoms with Gasteiger partial charge in [-0.2, -0.15) is 0 Å². The average Bonchev–Trinajstić information content (AvgIpc) is 3.92. The largest absolute Gasteiger partial charge is 0.298 e.